The SMILES string of the molecule is CC[C@@H](C(=O)Nc1ccccc1)c1ccccc1. The van der Waals surface area contributed by atoms with E-state index >= 15 is 0 Å². The summed E-state index contributed by atoms with van der Waals surface area (Å²) in [6.45, 7) is 2.03. The molecule has 1 atom stereocenters. The Morgan fingerprint density at radius 2 is 1.56 bits per heavy atom. The first-order valence-corrected chi connectivity index (χ1v) is 6.22. The average molecular weight is 239 g/mol. The van der Waals surface area contributed by atoms with Crippen LogP contribution in [-0.2, 0) is 4.79 Å². The highest BCUT2D eigenvalue weighted by molar-refractivity contribution is 5.95. The van der Waals surface area contributed by atoms with Gasteiger partial charge in [0.1, 0.15) is 0 Å². The van der Waals surface area contributed by atoms with E-state index in [1.807, 2.05) is 67.6 Å². The van der Waals surface area contributed by atoms with E-state index in [0.29, 0.717) is 0 Å². The minimum Gasteiger partial charge on any atom is -0.326 e. The molecular formula is C16H17NO. The van der Waals surface area contributed by atoms with Crippen LogP contribution in [0.25, 0.3) is 0 Å². The lowest BCUT2D eigenvalue weighted by molar-refractivity contribution is -0.117. The second-order valence-corrected chi connectivity index (χ2v) is 4.23. The van der Waals surface area contributed by atoms with E-state index in [4.69, 9.17) is 0 Å². The van der Waals surface area contributed by atoms with Crippen LogP contribution in [0.2, 0.25) is 0 Å². The molecule has 2 nitrogen and oxygen atoms in total. The predicted octanol–water partition coefficient (Wildman–Crippen LogP) is 3.82. The molecule has 0 saturated carbocycles. The van der Waals surface area contributed by atoms with Gasteiger partial charge in [0.2, 0.25) is 5.91 Å². The van der Waals surface area contributed by atoms with Gasteiger partial charge in [0.25, 0.3) is 0 Å². The Hall–Kier alpha value is -2.09. The van der Waals surface area contributed by atoms with Crippen molar-refractivity contribution in [2.24, 2.45) is 0 Å². The normalized spacial score (nSPS) is 11.8. The Labute approximate surface area is 108 Å². The molecule has 2 rings (SSSR count). The fourth-order valence-electron chi connectivity index (χ4n) is 2.01. The van der Waals surface area contributed by atoms with E-state index in [9.17, 15) is 4.79 Å². The quantitative estimate of drug-likeness (QED) is 0.863. The zero-order valence-corrected chi connectivity index (χ0v) is 10.5. The van der Waals surface area contributed by atoms with E-state index in [1.54, 1.807) is 0 Å². The summed E-state index contributed by atoms with van der Waals surface area (Å²) in [5, 5.41) is 2.95. The van der Waals surface area contributed by atoms with Crippen LogP contribution < -0.4 is 5.32 Å². The van der Waals surface area contributed by atoms with Gasteiger partial charge in [-0.15, -0.1) is 0 Å². The summed E-state index contributed by atoms with van der Waals surface area (Å²) in [6.07, 6.45) is 0.794. The van der Waals surface area contributed by atoms with Crippen LogP contribution in [0.15, 0.2) is 60.7 Å². The third kappa shape index (κ3) is 2.98. The first kappa shape index (κ1) is 12.4. The number of carbonyl (C=O) groups excluding carboxylic acids is 1. The minimum absolute atomic E-state index is 0.0508. The lowest BCUT2D eigenvalue weighted by Gasteiger charge is -2.15. The van der Waals surface area contributed by atoms with Crippen molar-refractivity contribution in [1.82, 2.24) is 0 Å². The highest BCUT2D eigenvalue weighted by Gasteiger charge is 2.18. The van der Waals surface area contributed by atoms with Crippen LogP contribution in [0, 0.1) is 0 Å². The van der Waals surface area contributed by atoms with Crippen molar-refractivity contribution < 1.29 is 4.79 Å². The van der Waals surface area contributed by atoms with Crippen LogP contribution in [-0.4, -0.2) is 5.91 Å². The topological polar surface area (TPSA) is 29.1 Å². The predicted molar refractivity (Wildman–Crippen MR) is 74.5 cm³/mol. The van der Waals surface area contributed by atoms with Crippen molar-refractivity contribution >= 4 is 11.6 Å². The number of carbonyl (C=O) groups is 1. The Morgan fingerprint density at radius 1 is 1.00 bits per heavy atom. The third-order valence-electron chi connectivity index (χ3n) is 2.97. The number of hydrogen-bond donors (Lipinski definition) is 1. The Morgan fingerprint density at radius 3 is 2.11 bits per heavy atom. The maximum atomic E-state index is 12.2. The zero-order valence-electron chi connectivity index (χ0n) is 10.5. The van der Waals surface area contributed by atoms with Crippen LogP contribution >= 0.6 is 0 Å². The van der Waals surface area contributed by atoms with E-state index < -0.39 is 0 Å². The number of anilines is 1. The summed E-state index contributed by atoms with van der Waals surface area (Å²) < 4.78 is 0. The van der Waals surface area contributed by atoms with E-state index in [2.05, 4.69) is 5.32 Å². The van der Waals surface area contributed by atoms with Crippen LogP contribution in [0.5, 0.6) is 0 Å². The zero-order chi connectivity index (χ0) is 12.8. The van der Waals surface area contributed by atoms with Gasteiger partial charge in [0, 0.05) is 5.69 Å². The maximum absolute atomic E-state index is 12.2. The molecule has 0 bridgehead atoms. The van der Waals surface area contributed by atoms with Crippen LogP contribution in [0.1, 0.15) is 24.8 Å². The van der Waals surface area contributed by atoms with Gasteiger partial charge in [0.05, 0.1) is 5.92 Å². The number of amides is 1. The van der Waals surface area contributed by atoms with Crippen molar-refractivity contribution in [3.8, 4) is 0 Å². The summed E-state index contributed by atoms with van der Waals surface area (Å²) in [4.78, 5) is 12.2. The van der Waals surface area contributed by atoms with Gasteiger partial charge in [0.15, 0.2) is 0 Å². The second-order valence-electron chi connectivity index (χ2n) is 4.23. The summed E-state index contributed by atoms with van der Waals surface area (Å²) >= 11 is 0. The molecule has 0 aliphatic rings. The number of nitrogens with one attached hydrogen (secondary N) is 1. The maximum Gasteiger partial charge on any atom is 0.231 e. The van der Waals surface area contributed by atoms with Gasteiger partial charge in [-0.05, 0) is 24.1 Å². The second kappa shape index (κ2) is 6.01. The van der Waals surface area contributed by atoms with Crippen LogP contribution in [0.3, 0.4) is 0 Å². The third-order valence-corrected chi connectivity index (χ3v) is 2.97. The minimum atomic E-state index is -0.0913. The van der Waals surface area contributed by atoms with Gasteiger partial charge in [-0.1, -0.05) is 55.5 Å². The van der Waals surface area contributed by atoms with E-state index in [0.717, 1.165) is 17.7 Å². The van der Waals surface area contributed by atoms with Crippen molar-refractivity contribution in [2.45, 2.75) is 19.3 Å². The molecule has 0 heterocycles. The molecule has 0 spiro atoms. The first-order valence-electron chi connectivity index (χ1n) is 6.22. The number of hydrogen-bond acceptors (Lipinski definition) is 1. The first-order chi connectivity index (χ1) is 8.81. The molecule has 0 fully saturated rings. The molecule has 0 radical (unpaired) electrons. The molecule has 2 aromatic carbocycles. The smallest absolute Gasteiger partial charge is 0.231 e. The molecule has 2 aromatic rings. The molecule has 18 heavy (non-hydrogen) atoms. The monoisotopic (exact) mass is 239 g/mol. The van der Waals surface area contributed by atoms with Crippen LogP contribution in [0.4, 0.5) is 5.69 Å². The van der Waals surface area contributed by atoms with Gasteiger partial charge in [-0.25, -0.2) is 0 Å². The largest absolute Gasteiger partial charge is 0.326 e. The Bertz CT molecular complexity index is 493. The molecule has 0 saturated heterocycles. The van der Waals surface area contributed by atoms with E-state index in [-0.39, 0.29) is 11.8 Å². The highest BCUT2D eigenvalue weighted by Crippen LogP contribution is 2.21. The molecule has 1 amide bonds. The van der Waals surface area contributed by atoms with Gasteiger partial charge >= 0.3 is 0 Å². The van der Waals surface area contributed by atoms with Crippen molar-refractivity contribution in [1.29, 1.82) is 0 Å². The molecule has 1 N–H and O–H groups in total. The average Bonchev–Trinajstić information content (AvgIpc) is 2.42. The molecule has 2 heteroatoms. The molecule has 0 aliphatic carbocycles. The molecule has 0 unspecified atom stereocenters. The van der Waals surface area contributed by atoms with Gasteiger partial charge in [-0.3, -0.25) is 4.79 Å². The van der Waals surface area contributed by atoms with Gasteiger partial charge < -0.3 is 5.32 Å². The standard InChI is InChI=1S/C16H17NO/c1-2-15(13-9-5-3-6-10-13)16(18)17-14-11-7-4-8-12-14/h3-12,15H,2H2,1H3,(H,17,18)/t15-/m1/s1. The lowest BCUT2D eigenvalue weighted by atomic mass is 9.95. The Balaban J connectivity index is 2.12. The number of rotatable bonds is 4. The molecule has 0 aromatic heterocycles. The van der Waals surface area contributed by atoms with Crippen molar-refractivity contribution in [2.75, 3.05) is 5.32 Å². The number of para-hydroxylation sites is 1. The molecule has 0 aliphatic heterocycles. The lowest BCUT2D eigenvalue weighted by Crippen LogP contribution is -2.20. The highest BCUT2D eigenvalue weighted by atomic mass is 16.1. The van der Waals surface area contributed by atoms with Gasteiger partial charge in [-0.2, -0.15) is 0 Å². The molecular weight excluding hydrogens is 222 g/mol. The fraction of sp³-hybridized carbons (Fsp3) is 0.188. The van der Waals surface area contributed by atoms with Crippen molar-refractivity contribution in [3.63, 3.8) is 0 Å². The van der Waals surface area contributed by atoms with E-state index in [1.165, 1.54) is 0 Å². The Kier molecular flexibility index (Phi) is 4.13. The number of benzene rings is 2. The molecule has 92 valence electrons. The summed E-state index contributed by atoms with van der Waals surface area (Å²) in [5.74, 6) is -0.0405. The summed E-state index contributed by atoms with van der Waals surface area (Å²) in [6, 6.07) is 19.5. The fourth-order valence-corrected chi connectivity index (χ4v) is 2.01. The summed E-state index contributed by atoms with van der Waals surface area (Å²) in [5.41, 5.74) is 1.91. The van der Waals surface area contributed by atoms with Crippen molar-refractivity contribution in [3.05, 3.63) is 66.2 Å². The summed E-state index contributed by atoms with van der Waals surface area (Å²) in [7, 11) is 0.